The summed E-state index contributed by atoms with van der Waals surface area (Å²) in [6, 6.07) is 10.1. The molecule has 0 spiro atoms. The molecule has 1 aliphatic rings. The summed E-state index contributed by atoms with van der Waals surface area (Å²) in [4.78, 5) is 14.0. The Morgan fingerprint density at radius 3 is 2.53 bits per heavy atom. The van der Waals surface area contributed by atoms with Crippen LogP contribution in [0.15, 0.2) is 42.5 Å². The Balaban J connectivity index is 2.19. The van der Waals surface area contributed by atoms with Crippen LogP contribution in [0.5, 0.6) is 0 Å². The average molecular weight is 259 g/mol. The Morgan fingerprint density at radius 2 is 1.95 bits per heavy atom. The number of ether oxygens (including phenoxy) is 1. The van der Waals surface area contributed by atoms with Gasteiger partial charge in [-0.15, -0.1) is 0 Å². The van der Waals surface area contributed by atoms with Crippen LogP contribution in [0.2, 0.25) is 0 Å². The van der Waals surface area contributed by atoms with E-state index in [0.717, 1.165) is 17.6 Å². The molecule has 19 heavy (non-hydrogen) atoms. The predicted molar refractivity (Wildman–Crippen MR) is 75.9 cm³/mol. The summed E-state index contributed by atoms with van der Waals surface area (Å²) in [7, 11) is 0. The van der Waals surface area contributed by atoms with Crippen LogP contribution in [-0.2, 0) is 4.74 Å². The van der Waals surface area contributed by atoms with E-state index in [1.54, 1.807) is 4.90 Å². The lowest BCUT2D eigenvalue weighted by Crippen LogP contribution is -2.36. The predicted octanol–water partition coefficient (Wildman–Crippen LogP) is 3.92. The first-order valence-electron chi connectivity index (χ1n) is 6.58. The molecule has 0 unspecified atom stereocenters. The van der Waals surface area contributed by atoms with E-state index in [1.807, 2.05) is 51.1 Å². The highest BCUT2D eigenvalue weighted by Crippen LogP contribution is 2.35. The summed E-state index contributed by atoms with van der Waals surface area (Å²) in [6.07, 6.45) is 0.545. The molecule has 0 aromatic heterocycles. The summed E-state index contributed by atoms with van der Waals surface area (Å²) in [6.45, 7) is 10.2. The number of benzene rings is 1. The second-order valence-electron chi connectivity index (χ2n) is 5.99. The van der Waals surface area contributed by atoms with Gasteiger partial charge in [0.05, 0.1) is 6.04 Å². The first-order valence-corrected chi connectivity index (χ1v) is 6.58. The van der Waals surface area contributed by atoms with Gasteiger partial charge in [0.2, 0.25) is 0 Å². The number of hydrogen-bond acceptors (Lipinski definition) is 2. The van der Waals surface area contributed by atoms with Gasteiger partial charge in [-0.05, 0) is 32.8 Å². The SMILES string of the molecule is C=C1C[C@H](c2ccccc2)N(C(=O)OC(C)(C)C)C1. The topological polar surface area (TPSA) is 29.5 Å². The van der Waals surface area contributed by atoms with Crippen LogP contribution in [0, 0.1) is 0 Å². The molecule has 1 fully saturated rings. The maximum absolute atomic E-state index is 12.3. The highest BCUT2D eigenvalue weighted by Gasteiger charge is 2.34. The van der Waals surface area contributed by atoms with Gasteiger partial charge in [0.15, 0.2) is 0 Å². The highest BCUT2D eigenvalue weighted by atomic mass is 16.6. The standard InChI is InChI=1S/C16H21NO2/c1-12-10-14(13-8-6-5-7-9-13)17(11-12)15(18)19-16(2,3)4/h5-9,14H,1,10-11H2,2-4H3/t14-/m1/s1. The fraction of sp³-hybridized carbons (Fsp3) is 0.438. The maximum atomic E-state index is 12.3. The van der Waals surface area contributed by atoms with Crippen molar-refractivity contribution in [3.8, 4) is 0 Å². The minimum Gasteiger partial charge on any atom is -0.444 e. The van der Waals surface area contributed by atoms with Crippen molar-refractivity contribution in [2.24, 2.45) is 0 Å². The normalized spacial score (nSPS) is 19.6. The fourth-order valence-electron chi connectivity index (χ4n) is 2.28. The van der Waals surface area contributed by atoms with E-state index in [1.165, 1.54) is 0 Å². The molecule has 0 bridgehead atoms. The molecule has 3 heteroatoms. The van der Waals surface area contributed by atoms with Gasteiger partial charge in [0.1, 0.15) is 5.60 Å². The van der Waals surface area contributed by atoms with Crippen LogP contribution in [0.25, 0.3) is 0 Å². The van der Waals surface area contributed by atoms with Crippen LogP contribution < -0.4 is 0 Å². The molecule has 0 radical (unpaired) electrons. The van der Waals surface area contributed by atoms with Gasteiger partial charge >= 0.3 is 6.09 Å². The van der Waals surface area contributed by atoms with Crippen molar-refractivity contribution >= 4 is 6.09 Å². The van der Waals surface area contributed by atoms with Gasteiger partial charge in [-0.2, -0.15) is 0 Å². The molecule has 1 saturated heterocycles. The van der Waals surface area contributed by atoms with E-state index in [4.69, 9.17) is 4.74 Å². The monoisotopic (exact) mass is 259 g/mol. The summed E-state index contributed by atoms with van der Waals surface area (Å²) in [5, 5.41) is 0. The lowest BCUT2D eigenvalue weighted by Gasteiger charge is -2.28. The lowest BCUT2D eigenvalue weighted by atomic mass is 10.0. The summed E-state index contributed by atoms with van der Waals surface area (Å²) in [5.74, 6) is 0. The molecule has 0 aliphatic carbocycles. The number of nitrogens with zero attached hydrogens (tertiary/aromatic N) is 1. The van der Waals surface area contributed by atoms with E-state index in [0.29, 0.717) is 6.54 Å². The zero-order valence-corrected chi connectivity index (χ0v) is 11.8. The Hall–Kier alpha value is -1.77. The Morgan fingerprint density at radius 1 is 1.32 bits per heavy atom. The zero-order valence-electron chi connectivity index (χ0n) is 11.8. The molecule has 102 valence electrons. The third-order valence-corrected chi connectivity index (χ3v) is 3.06. The minimum absolute atomic E-state index is 0.0450. The second-order valence-corrected chi connectivity index (χ2v) is 5.99. The van der Waals surface area contributed by atoms with Gasteiger partial charge in [-0.25, -0.2) is 4.79 Å². The molecule has 0 N–H and O–H groups in total. The number of rotatable bonds is 1. The molecule has 1 amide bonds. The molecule has 1 atom stereocenters. The van der Waals surface area contributed by atoms with Crippen molar-refractivity contribution in [2.75, 3.05) is 6.54 Å². The van der Waals surface area contributed by atoms with Crippen molar-refractivity contribution in [1.82, 2.24) is 4.90 Å². The van der Waals surface area contributed by atoms with Gasteiger partial charge in [-0.1, -0.05) is 42.5 Å². The van der Waals surface area contributed by atoms with Crippen molar-refractivity contribution < 1.29 is 9.53 Å². The van der Waals surface area contributed by atoms with Crippen LogP contribution in [0.4, 0.5) is 4.79 Å². The van der Waals surface area contributed by atoms with Gasteiger partial charge in [0, 0.05) is 6.54 Å². The van der Waals surface area contributed by atoms with E-state index < -0.39 is 5.60 Å². The highest BCUT2D eigenvalue weighted by molar-refractivity contribution is 5.70. The van der Waals surface area contributed by atoms with Crippen LogP contribution in [-0.4, -0.2) is 23.1 Å². The molecular formula is C16H21NO2. The molecule has 1 heterocycles. The number of carbonyl (C=O) groups excluding carboxylic acids is 1. The maximum Gasteiger partial charge on any atom is 0.411 e. The smallest absolute Gasteiger partial charge is 0.411 e. The molecule has 1 aromatic rings. The van der Waals surface area contributed by atoms with Crippen molar-refractivity contribution in [1.29, 1.82) is 0 Å². The van der Waals surface area contributed by atoms with Crippen molar-refractivity contribution in [3.05, 3.63) is 48.0 Å². The first kappa shape index (κ1) is 13.7. The molecule has 1 aliphatic heterocycles. The van der Waals surface area contributed by atoms with Gasteiger partial charge in [-0.3, -0.25) is 4.90 Å². The number of amides is 1. The molecule has 3 nitrogen and oxygen atoms in total. The molecule has 1 aromatic carbocycles. The van der Waals surface area contributed by atoms with Gasteiger partial charge in [0.25, 0.3) is 0 Å². The first-order chi connectivity index (χ1) is 8.87. The lowest BCUT2D eigenvalue weighted by molar-refractivity contribution is 0.0227. The second kappa shape index (κ2) is 5.08. The Bertz CT molecular complexity index is 473. The van der Waals surface area contributed by atoms with E-state index in [9.17, 15) is 4.79 Å². The fourth-order valence-corrected chi connectivity index (χ4v) is 2.28. The molecule has 0 saturated carbocycles. The number of hydrogen-bond donors (Lipinski definition) is 0. The summed E-state index contributed by atoms with van der Waals surface area (Å²) >= 11 is 0. The Kier molecular flexibility index (Phi) is 3.65. The van der Waals surface area contributed by atoms with Crippen LogP contribution in [0.3, 0.4) is 0 Å². The third kappa shape index (κ3) is 3.37. The number of likely N-dealkylation sites (tertiary alicyclic amines) is 1. The molecular weight excluding hydrogens is 238 g/mol. The van der Waals surface area contributed by atoms with Crippen molar-refractivity contribution in [2.45, 2.75) is 38.8 Å². The quantitative estimate of drug-likeness (QED) is 0.715. The van der Waals surface area contributed by atoms with Crippen LogP contribution in [0.1, 0.15) is 38.8 Å². The zero-order chi connectivity index (χ0) is 14.0. The van der Waals surface area contributed by atoms with Crippen LogP contribution >= 0.6 is 0 Å². The minimum atomic E-state index is -0.470. The largest absolute Gasteiger partial charge is 0.444 e. The van der Waals surface area contributed by atoms with Crippen molar-refractivity contribution in [3.63, 3.8) is 0 Å². The van der Waals surface area contributed by atoms with Gasteiger partial charge < -0.3 is 4.74 Å². The Labute approximate surface area is 114 Å². The summed E-state index contributed by atoms with van der Waals surface area (Å²) in [5.41, 5.74) is 1.73. The van der Waals surface area contributed by atoms with E-state index in [-0.39, 0.29) is 12.1 Å². The third-order valence-electron chi connectivity index (χ3n) is 3.06. The molecule has 2 rings (SSSR count). The van der Waals surface area contributed by atoms with E-state index >= 15 is 0 Å². The average Bonchev–Trinajstić information content (AvgIpc) is 2.70. The summed E-state index contributed by atoms with van der Waals surface area (Å²) < 4.78 is 5.47. The van der Waals surface area contributed by atoms with E-state index in [2.05, 4.69) is 6.58 Å². The number of carbonyl (C=O) groups is 1.